The van der Waals surface area contributed by atoms with Crippen molar-refractivity contribution < 1.29 is 22.3 Å². The summed E-state index contributed by atoms with van der Waals surface area (Å²) in [7, 11) is -3.82. The van der Waals surface area contributed by atoms with Crippen LogP contribution in [-0.4, -0.2) is 63.0 Å². The zero-order chi connectivity index (χ0) is 21.7. The molecule has 1 N–H and O–H groups in total. The molecule has 2 aromatic carbocycles. The summed E-state index contributed by atoms with van der Waals surface area (Å²) in [5, 5.41) is 2.82. The second kappa shape index (κ2) is 9.82. The number of nitrogens with one attached hydrogen (secondary N) is 1. The van der Waals surface area contributed by atoms with Gasteiger partial charge in [0, 0.05) is 26.2 Å². The van der Waals surface area contributed by atoms with E-state index in [1.54, 1.807) is 12.1 Å². The third kappa shape index (κ3) is 5.15. The van der Waals surface area contributed by atoms with E-state index in [0.717, 1.165) is 0 Å². The number of halogens is 3. The molecule has 0 atom stereocenters. The molecule has 0 saturated carbocycles. The standard InChI is InChI=1S/C19H20Cl2FN3O4S/c20-14-4-3-7-17(18(14)21)30(27,28)25-11-9-24(10-12-25)19(26)23-8-13-29-16-6-2-1-5-15(16)22/h1-7H,8-13H2,(H,23,26). The molecule has 0 unspecified atom stereocenters. The fourth-order valence-electron chi connectivity index (χ4n) is 2.95. The largest absolute Gasteiger partial charge is 0.489 e. The molecule has 162 valence electrons. The number of ether oxygens (including phenoxy) is 1. The number of hydrogen-bond donors (Lipinski definition) is 1. The van der Waals surface area contributed by atoms with Crippen molar-refractivity contribution in [3.63, 3.8) is 0 Å². The molecule has 0 bridgehead atoms. The molecule has 2 amide bonds. The van der Waals surface area contributed by atoms with Crippen LogP contribution in [0, 0.1) is 5.82 Å². The SMILES string of the molecule is O=C(NCCOc1ccccc1F)N1CCN(S(=O)(=O)c2cccc(Cl)c2Cl)CC1. The van der Waals surface area contributed by atoms with Gasteiger partial charge in [-0.1, -0.05) is 41.4 Å². The van der Waals surface area contributed by atoms with Crippen molar-refractivity contribution in [3.8, 4) is 5.75 Å². The number of hydrogen-bond acceptors (Lipinski definition) is 4. The maximum atomic E-state index is 13.5. The topological polar surface area (TPSA) is 79.0 Å². The molecule has 1 fully saturated rings. The van der Waals surface area contributed by atoms with Gasteiger partial charge < -0.3 is 15.0 Å². The van der Waals surface area contributed by atoms with Gasteiger partial charge in [0.25, 0.3) is 0 Å². The molecule has 0 spiro atoms. The zero-order valence-electron chi connectivity index (χ0n) is 15.9. The smallest absolute Gasteiger partial charge is 0.317 e. The van der Waals surface area contributed by atoms with E-state index < -0.39 is 15.8 Å². The van der Waals surface area contributed by atoms with E-state index in [-0.39, 0.29) is 66.1 Å². The summed E-state index contributed by atoms with van der Waals surface area (Å²) >= 11 is 12.0. The van der Waals surface area contributed by atoms with Crippen LogP contribution < -0.4 is 10.1 Å². The molecular weight excluding hydrogens is 456 g/mol. The van der Waals surface area contributed by atoms with Gasteiger partial charge in [-0.15, -0.1) is 0 Å². The monoisotopic (exact) mass is 475 g/mol. The Morgan fingerprint density at radius 2 is 1.77 bits per heavy atom. The first-order valence-electron chi connectivity index (χ1n) is 9.15. The second-order valence-corrected chi connectivity index (χ2v) is 9.15. The van der Waals surface area contributed by atoms with Gasteiger partial charge in [0.05, 0.1) is 16.6 Å². The minimum Gasteiger partial charge on any atom is -0.489 e. The average Bonchev–Trinajstić information content (AvgIpc) is 2.74. The Kier molecular flexibility index (Phi) is 7.41. The number of piperazine rings is 1. The minimum atomic E-state index is -3.82. The van der Waals surface area contributed by atoms with Crippen molar-refractivity contribution in [1.29, 1.82) is 0 Å². The Hall–Kier alpha value is -2.07. The van der Waals surface area contributed by atoms with Crippen LogP contribution in [0.25, 0.3) is 0 Å². The Morgan fingerprint density at radius 1 is 1.07 bits per heavy atom. The highest BCUT2D eigenvalue weighted by molar-refractivity contribution is 7.89. The number of carbonyl (C=O) groups is 1. The first-order chi connectivity index (χ1) is 14.3. The summed E-state index contributed by atoms with van der Waals surface area (Å²) in [6, 6.07) is 10.1. The predicted molar refractivity (Wildman–Crippen MR) is 112 cm³/mol. The van der Waals surface area contributed by atoms with E-state index in [1.165, 1.54) is 39.5 Å². The third-order valence-corrected chi connectivity index (χ3v) is 7.40. The van der Waals surface area contributed by atoms with E-state index in [2.05, 4.69) is 5.32 Å². The first kappa shape index (κ1) is 22.6. The fourth-order valence-corrected chi connectivity index (χ4v) is 5.10. The highest BCUT2D eigenvalue weighted by atomic mass is 35.5. The summed E-state index contributed by atoms with van der Waals surface area (Å²) in [4.78, 5) is 13.7. The molecule has 2 aromatic rings. The van der Waals surface area contributed by atoms with E-state index in [4.69, 9.17) is 27.9 Å². The summed E-state index contributed by atoms with van der Waals surface area (Å²) < 4.78 is 45.7. The van der Waals surface area contributed by atoms with Crippen LogP contribution in [-0.2, 0) is 10.0 Å². The molecule has 0 aromatic heterocycles. The molecule has 7 nitrogen and oxygen atoms in total. The van der Waals surface area contributed by atoms with E-state index >= 15 is 0 Å². The molecule has 0 aliphatic carbocycles. The number of para-hydroxylation sites is 1. The van der Waals surface area contributed by atoms with Gasteiger partial charge in [-0.3, -0.25) is 0 Å². The van der Waals surface area contributed by atoms with Gasteiger partial charge in [-0.25, -0.2) is 17.6 Å². The van der Waals surface area contributed by atoms with Crippen LogP contribution in [0.3, 0.4) is 0 Å². The number of sulfonamides is 1. The van der Waals surface area contributed by atoms with Crippen LogP contribution in [0.4, 0.5) is 9.18 Å². The van der Waals surface area contributed by atoms with Crippen molar-refractivity contribution in [3.05, 3.63) is 58.3 Å². The Labute approximate surface area is 184 Å². The van der Waals surface area contributed by atoms with Gasteiger partial charge >= 0.3 is 6.03 Å². The summed E-state index contributed by atoms with van der Waals surface area (Å²) in [5.74, 6) is -0.355. The van der Waals surface area contributed by atoms with Crippen molar-refractivity contribution >= 4 is 39.3 Å². The Morgan fingerprint density at radius 3 is 2.47 bits per heavy atom. The Bertz CT molecular complexity index is 1010. The molecule has 1 aliphatic rings. The second-order valence-electron chi connectivity index (χ2n) is 6.45. The van der Waals surface area contributed by atoms with E-state index in [9.17, 15) is 17.6 Å². The van der Waals surface area contributed by atoms with Gasteiger partial charge in [0.15, 0.2) is 11.6 Å². The molecule has 1 saturated heterocycles. The lowest BCUT2D eigenvalue weighted by Gasteiger charge is -2.34. The molecule has 3 rings (SSSR count). The summed E-state index contributed by atoms with van der Waals surface area (Å²) in [6.45, 7) is 0.988. The number of amides is 2. The zero-order valence-corrected chi connectivity index (χ0v) is 18.2. The van der Waals surface area contributed by atoms with Crippen LogP contribution in [0.15, 0.2) is 47.4 Å². The van der Waals surface area contributed by atoms with Crippen molar-refractivity contribution in [2.45, 2.75) is 4.90 Å². The number of carbonyl (C=O) groups excluding carboxylic acids is 1. The highest BCUT2D eigenvalue weighted by Crippen LogP contribution is 2.31. The normalized spacial score (nSPS) is 15.1. The average molecular weight is 476 g/mol. The first-order valence-corrected chi connectivity index (χ1v) is 11.3. The third-order valence-electron chi connectivity index (χ3n) is 4.53. The number of rotatable bonds is 6. The molecule has 11 heteroatoms. The maximum absolute atomic E-state index is 13.5. The predicted octanol–water partition coefficient (Wildman–Crippen LogP) is 3.23. The maximum Gasteiger partial charge on any atom is 0.317 e. The van der Waals surface area contributed by atoms with Gasteiger partial charge in [0.2, 0.25) is 10.0 Å². The van der Waals surface area contributed by atoms with Crippen molar-refractivity contribution in [1.82, 2.24) is 14.5 Å². The quantitative estimate of drug-likeness (QED) is 0.650. The van der Waals surface area contributed by atoms with Gasteiger partial charge in [-0.2, -0.15) is 4.31 Å². The van der Waals surface area contributed by atoms with Crippen LogP contribution in [0.2, 0.25) is 10.0 Å². The molecule has 30 heavy (non-hydrogen) atoms. The molecule has 1 heterocycles. The number of benzene rings is 2. The fraction of sp³-hybridized carbons (Fsp3) is 0.316. The van der Waals surface area contributed by atoms with Crippen molar-refractivity contribution in [2.75, 3.05) is 39.3 Å². The molecule has 1 aliphatic heterocycles. The van der Waals surface area contributed by atoms with Crippen molar-refractivity contribution in [2.24, 2.45) is 0 Å². The van der Waals surface area contributed by atoms with Crippen LogP contribution in [0.1, 0.15) is 0 Å². The number of nitrogens with zero attached hydrogens (tertiary/aromatic N) is 2. The van der Waals surface area contributed by atoms with E-state index in [0.29, 0.717) is 0 Å². The van der Waals surface area contributed by atoms with Gasteiger partial charge in [0.1, 0.15) is 11.5 Å². The van der Waals surface area contributed by atoms with Crippen LogP contribution in [0.5, 0.6) is 5.75 Å². The van der Waals surface area contributed by atoms with Crippen LogP contribution >= 0.6 is 23.2 Å². The Balaban J connectivity index is 1.48. The molecular formula is C19H20Cl2FN3O4S. The molecule has 0 radical (unpaired) electrons. The van der Waals surface area contributed by atoms with E-state index in [1.807, 2.05) is 0 Å². The lowest BCUT2D eigenvalue weighted by molar-refractivity contribution is 0.170. The lowest BCUT2D eigenvalue weighted by atomic mass is 10.3. The summed E-state index contributed by atoms with van der Waals surface area (Å²) in [5.41, 5.74) is 0. The van der Waals surface area contributed by atoms with Gasteiger partial charge in [-0.05, 0) is 24.3 Å². The number of urea groups is 1. The lowest BCUT2D eigenvalue weighted by Crippen LogP contribution is -2.53. The summed E-state index contributed by atoms with van der Waals surface area (Å²) in [6.07, 6.45) is 0. The minimum absolute atomic E-state index is 0.0193. The highest BCUT2D eigenvalue weighted by Gasteiger charge is 2.31.